The number of rotatable bonds is 3. The monoisotopic (exact) mass is 344 g/mol. The Morgan fingerprint density at radius 1 is 1.17 bits per heavy atom. The molecule has 0 saturated heterocycles. The second-order valence-corrected chi connectivity index (χ2v) is 7.74. The van der Waals surface area contributed by atoms with Crippen LogP contribution in [0.3, 0.4) is 0 Å². The zero-order valence-corrected chi connectivity index (χ0v) is 14.3. The van der Waals surface area contributed by atoms with Crippen molar-refractivity contribution in [1.29, 1.82) is 0 Å². The first-order valence-electron chi connectivity index (χ1n) is 7.83. The SMILES string of the molecule is C[C@H]1c2ccccc2CCN1C(=O)c1ccc(CS(N)(=O)=O)cc1. The van der Waals surface area contributed by atoms with Gasteiger partial charge >= 0.3 is 0 Å². The van der Waals surface area contributed by atoms with Crippen molar-refractivity contribution in [1.82, 2.24) is 4.90 Å². The third-order valence-corrected chi connectivity index (χ3v) is 5.16. The molecular weight excluding hydrogens is 324 g/mol. The Balaban J connectivity index is 1.80. The van der Waals surface area contributed by atoms with Gasteiger partial charge in [0.1, 0.15) is 0 Å². The van der Waals surface area contributed by atoms with Crippen LogP contribution in [0, 0.1) is 0 Å². The highest BCUT2D eigenvalue weighted by Gasteiger charge is 2.27. The van der Waals surface area contributed by atoms with Gasteiger partial charge in [0.25, 0.3) is 5.91 Å². The van der Waals surface area contributed by atoms with E-state index in [1.165, 1.54) is 11.1 Å². The Morgan fingerprint density at radius 2 is 1.83 bits per heavy atom. The zero-order chi connectivity index (χ0) is 17.3. The van der Waals surface area contributed by atoms with E-state index in [0.29, 0.717) is 17.7 Å². The van der Waals surface area contributed by atoms with Gasteiger partial charge in [0.15, 0.2) is 0 Å². The highest BCUT2D eigenvalue weighted by atomic mass is 32.2. The van der Waals surface area contributed by atoms with E-state index in [-0.39, 0.29) is 17.7 Å². The fourth-order valence-electron chi connectivity index (χ4n) is 3.19. The minimum Gasteiger partial charge on any atom is -0.332 e. The number of nitrogens with zero attached hydrogens (tertiary/aromatic N) is 1. The molecule has 0 aliphatic carbocycles. The molecule has 0 saturated carbocycles. The van der Waals surface area contributed by atoms with Crippen LogP contribution in [0.15, 0.2) is 48.5 Å². The number of hydrogen-bond acceptors (Lipinski definition) is 3. The van der Waals surface area contributed by atoms with E-state index in [9.17, 15) is 13.2 Å². The predicted molar refractivity (Wildman–Crippen MR) is 92.9 cm³/mol. The van der Waals surface area contributed by atoms with Crippen molar-refractivity contribution in [2.24, 2.45) is 5.14 Å². The van der Waals surface area contributed by atoms with Crippen molar-refractivity contribution in [3.05, 3.63) is 70.8 Å². The van der Waals surface area contributed by atoms with Crippen LogP contribution in [0.2, 0.25) is 0 Å². The molecule has 2 aromatic rings. The Morgan fingerprint density at radius 3 is 2.50 bits per heavy atom. The van der Waals surface area contributed by atoms with Crippen molar-refractivity contribution < 1.29 is 13.2 Å². The van der Waals surface area contributed by atoms with Crippen LogP contribution < -0.4 is 5.14 Å². The van der Waals surface area contributed by atoms with Crippen molar-refractivity contribution >= 4 is 15.9 Å². The average Bonchev–Trinajstić information content (AvgIpc) is 2.54. The van der Waals surface area contributed by atoms with Crippen LogP contribution in [0.5, 0.6) is 0 Å². The number of nitrogens with two attached hydrogens (primary N) is 1. The number of benzene rings is 2. The molecule has 0 radical (unpaired) electrons. The van der Waals surface area contributed by atoms with Crippen molar-refractivity contribution in [2.75, 3.05) is 6.54 Å². The van der Waals surface area contributed by atoms with E-state index in [1.54, 1.807) is 24.3 Å². The Kier molecular flexibility index (Phi) is 4.43. The highest BCUT2D eigenvalue weighted by molar-refractivity contribution is 7.88. The first kappa shape index (κ1) is 16.7. The summed E-state index contributed by atoms with van der Waals surface area (Å²) in [5.74, 6) is -0.270. The zero-order valence-electron chi connectivity index (χ0n) is 13.5. The van der Waals surface area contributed by atoms with Gasteiger partial charge in [-0.1, -0.05) is 36.4 Å². The topological polar surface area (TPSA) is 80.5 Å². The number of carbonyl (C=O) groups excluding carboxylic acids is 1. The number of fused-ring (bicyclic) bond motifs is 1. The van der Waals surface area contributed by atoms with Crippen LogP contribution >= 0.6 is 0 Å². The van der Waals surface area contributed by atoms with E-state index < -0.39 is 10.0 Å². The Labute approximate surface area is 142 Å². The largest absolute Gasteiger partial charge is 0.332 e. The molecule has 126 valence electrons. The summed E-state index contributed by atoms with van der Waals surface area (Å²) in [5, 5.41) is 5.04. The minimum absolute atomic E-state index is 0.0200. The molecule has 1 aliphatic rings. The van der Waals surface area contributed by atoms with Crippen molar-refractivity contribution in [3.63, 3.8) is 0 Å². The first-order valence-corrected chi connectivity index (χ1v) is 9.55. The predicted octanol–water partition coefficient (Wildman–Crippen LogP) is 2.23. The van der Waals surface area contributed by atoms with Crippen molar-refractivity contribution in [2.45, 2.75) is 25.1 Å². The molecule has 1 heterocycles. The summed E-state index contributed by atoms with van der Waals surface area (Å²) in [4.78, 5) is 14.7. The van der Waals surface area contributed by atoms with Gasteiger partial charge in [-0.2, -0.15) is 0 Å². The lowest BCUT2D eigenvalue weighted by molar-refractivity contribution is 0.0677. The molecule has 5 nitrogen and oxygen atoms in total. The minimum atomic E-state index is -3.57. The number of carbonyl (C=O) groups is 1. The molecule has 0 fully saturated rings. The van der Waals surface area contributed by atoms with Gasteiger partial charge in [-0.05, 0) is 42.2 Å². The summed E-state index contributed by atoms with van der Waals surface area (Å²) < 4.78 is 22.3. The highest BCUT2D eigenvalue weighted by Crippen LogP contribution is 2.30. The normalized spacial score (nSPS) is 17.4. The second kappa shape index (κ2) is 6.37. The fourth-order valence-corrected chi connectivity index (χ4v) is 3.85. The third kappa shape index (κ3) is 3.49. The molecule has 3 rings (SSSR count). The van der Waals surface area contributed by atoms with E-state index in [4.69, 9.17) is 5.14 Å². The van der Waals surface area contributed by atoms with Crippen LogP contribution in [0.1, 0.15) is 40.0 Å². The quantitative estimate of drug-likeness (QED) is 0.927. The van der Waals surface area contributed by atoms with Gasteiger partial charge in [-0.3, -0.25) is 4.79 Å². The third-order valence-electron chi connectivity index (χ3n) is 4.42. The molecule has 1 amide bonds. The van der Waals surface area contributed by atoms with Crippen LogP contribution in [-0.4, -0.2) is 25.8 Å². The maximum atomic E-state index is 12.8. The van der Waals surface area contributed by atoms with Crippen molar-refractivity contribution in [3.8, 4) is 0 Å². The van der Waals surface area contributed by atoms with E-state index in [0.717, 1.165) is 6.42 Å². The molecule has 2 N–H and O–H groups in total. The Hall–Kier alpha value is -2.18. The van der Waals surface area contributed by atoms with E-state index in [2.05, 4.69) is 12.1 Å². The first-order chi connectivity index (χ1) is 11.3. The van der Waals surface area contributed by atoms with Gasteiger partial charge < -0.3 is 4.90 Å². The molecule has 2 aromatic carbocycles. The Bertz CT molecular complexity index is 860. The lowest BCUT2D eigenvalue weighted by atomic mass is 9.93. The molecular formula is C18H20N2O3S. The number of hydrogen-bond donors (Lipinski definition) is 1. The summed E-state index contributed by atoms with van der Waals surface area (Å²) >= 11 is 0. The molecule has 6 heteroatoms. The number of sulfonamides is 1. The molecule has 1 atom stereocenters. The smallest absolute Gasteiger partial charge is 0.254 e. The summed E-state index contributed by atoms with van der Waals surface area (Å²) in [6.07, 6.45) is 0.843. The molecule has 0 spiro atoms. The van der Waals surface area contributed by atoms with Crippen LogP contribution in [0.4, 0.5) is 0 Å². The van der Waals surface area contributed by atoms with Gasteiger partial charge in [0, 0.05) is 12.1 Å². The van der Waals surface area contributed by atoms with Gasteiger partial charge in [-0.25, -0.2) is 13.6 Å². The van der Waals surface area contributed by atoms with Gasteiger partial charge in [0.05, 0.1) is 11.8 Å². The number of primary sulfonamides is 1. The van der Waals surface area contributed by atoms with Gasteiger partial charge in [0.2, 0.25) is 10.0 Å². The molecule has 0 unspecified atom stereocenters. The van der Waals surface area contributed by atoms with Gasteiger partial charge in [-0.15, -0.1) is 0 Å². The molecule has 24 heavy (non-hydrogen) atoms. The lowest BCUT2D eigenvalue weighted by Crippen LogP contribution is -2.38. The standard InChI is InChI=1S/C18H20N2O3S/c1-13-17-5-3-2-4-15(17)10-11-20(13)18(21)16-8-6-14(7-9-16)12-24(19,22)23/h2-9,13H,10-12H2,1H3,(H2,19,22,23)/t13-/m0/s1. The van der Waals surface area contributed by atoms with E-state index >= 15 is 0 Å². The number of amides is 1. The second-order valence-electron chi connectivity index (χ2n) is 6.13. The molecule has 0 bridgehead atoms. The van der Waals surface area contributed by atoms with E-state index in [1.807, 2.05) is 24.0 Å². The summed E-state index contributed by atoms with van der Waals surface area (Å²) in [6, 6.07) is 14.8. The average molecular weight is 344 g/mol. The fraction of sp³-hybridized carbons (Fsp3) is 0.278. The summed E-state index contributed by atoms with van der Waals surface area (Å²) in [5.41, 5.74) is 3.60. The summed E-state index contributed by atoms with van der Waals surface area (Å²) in [6.45, 7) is 2.71. The maximum absolute atomic E-state index is 12.8. The lowest BCUT2D eigenvalue weighted by Gasteiger charge is -2.35. The maximum Gasteiger partial charge on any atom is 0.254 e. The molecule has 1 aliphatic heterocycles. The van der Waals surface area contributed by atoms with Crippen LogP contribution in [0.25, 0.3) is 0 Å². The molecule has 0 aromatic heterocycles. The van der Waals surface area contributed by atoms with Crippen LogP contribution in [-0.2, 0) is 22.2 Å². The summed E-state index contributed by atoms with van der Waals surface area (Å²) in [7, 11) is -3.57.